The van der Waals surface area contributed by atoms with Crippen molar-refractivity contribution in [3.05, 3.63) is 40.3 Å². The van der Waals surface area contributed by atoms with Crippen molar-refractivity contribution in [2.45, 2.75) is 26.2 Å². The lowest BCUT2D eigenvalue weighted by Gasteiger charge is -2.13. The van der Waals surface area contributed by atoms with Crippen molar-refractivity contribution in [1.29, 1.82) is 0 Å². The van der Waals surface area contributed by atoms with E-state index in [4.69, 9.17) is 0 Å². The zero-order valence-electron chi connectivity index (χ0n) is 9.08. The smallest absolute Gasteiger partial charge is 0.0381 e. The van der Waals surface area contributed by atoms with Gasteiger partial charge in [-0.2, -0.15) is 0 Å². The van der Waals surface area contributed by atoms with E-state index in [-0.39, 0.29) is 0 Å². The van der Waals surface area contributed by atoms with Gasteiger partial charge in [0.05, 0.1) is 0 Å². The third kappa shape index (κ3) is 1.26. The first kappa shape index (κ1) is 9.17. The lowest BCUT2D eigenvalue weighted by molar-refractivity contribution is 0.783. The van der Waals surface area contributed by atoms with Crippen molar-refractivity contribution < 1.29 is 0 Å². The molecule has 1 heterocycles. The monoisotopic (exact) mass is 214 g/mol. The van der Waals surface area contributed by atoms with Gasteiger partial charge in [-0.25, -0.2) is 0 Å². The summed E-state index contributed by atoms with van der Waals surface area (Å²) in [5, 5.41) is 1.48. The normalized spacial score (nSPS) is 19.5. The van der Waals surface area contributed by atoms with Crippen LogP contribution in [0.4, 0.5) is 0 Å². The van der Waals surface area contributed by atoms with Crippen LogP contribution in [0.25, 0.3) is 16.2 Å². The van der Waals surface area contributed by atoms with E-state index < -0.39 is 0 Å². The van der Waals surface area contributed by atoms with E-state index in [1.54, 1.807) is 5.56 Å². The maximum Gasteiger partial charge on any atom is 0.0381 e. The first-order valence-electron chi connectivity index (χ1n) is 5.46. The number of hydrogen-bond acceptors (Lipinski definition) is 1. The molecule has 0 aliphatic heterocycles. The second-order valence-corrected chi connectivity index (χ2v) is 5.42. The molecule has 1 heteroatoms. The molecule has 1 aliphatic rings. The van der Waals surface area contributed by atoms with Gasteiger partial charge in [-0.1, -0.05) is 31.2 Å². The molecule has 15 heavy (non-hydrogen) atoms. The Kier molecular flexibility index (Phi) is 1.96. The van der Waals surface area contributed by atoms with Crippen LogP contribution in [0.3, 0.4) is 0 Å². The van der Waals surface area contributed by atoms with Gasteiger partial charge in [0, 0.05) is 9.58 Å². The molecule has 0 amide bonds. The first-order valence-corrected chi connectivity index (χ1v) is 6.27. The minimum atomic E-state index is 0.681. The fourth-order valence-electron chi connectivity index (χ4n) is 2.43. The second kappa shape index (κ2) is 3.21. The molecule has 1 atom stereocenters. The standard InChI is InChI=1S/C14H14S/c1-9-5-4-8-12-13(9)11-7-3-6-10(2)14(11)15-12/h3-4,6-9H,5H2,1-2H3. The Morgan fingerprint density at radius 3 is 3.07 bits per heavy atom. The van der Waals surface area contributed by atoms with Crippen LogP contribution in [0.15, 0.2) is 24.3 Å². The fraction of sp³-hybridized carbons (Fsp3) is 0.286. The third-order valence-electron chi connectivity index (χ3n) is 3.23. The second-order valence-electron chi connectivity index (χ2n) is 4.37. The van der Waals surface area contributed by atoms with Crippen LogP contribution in [0.2, 0.25) is 0 Å². The van der Waals surface area contributed by atoms with Crippen LogP contribution < -0.4 is 0 Å². The predicted molar refractivity (Wildman–Crippen MR) is 68.6 cm³/mol. The predicted octanol–water partition coefficient (Wildman–Crippen LogP) is 4.73. The van der Waals surface area contributed by atoms with Crippen LogP contribution >= 0.6 is 11.3 Å². The Hall–Kier alpha value is -1.08. The van der Waals surface area contributed by atoms with Crippen molar-refractivity contribution >= 4 is 27.5 Å². The summed E-state index contributed by atoms with van der Waals surface area (Å²) >= 11 is 1.94. The molecule has 0 bridgehead atoms. The zero-order chi connectivity index (χ0) is 10.4. The molecular formula is C14H14S. The summed E-state index contributed by atoms with van der Waals surface area (Å²) in [6, 6.07) is 6.65. The molecule has 1 unspecified atom stereocenters. The van der Waals surface area contributed by atoms with Gasteiger partial charge < -0.3 is 0 Å². The zero-order valence-corrected chi connectivity index (χ0v) is 9.90. The molecule has 0 N–H and O–H groups in total. The SMILES string of the molecule is Cc1cccc2c3c(sc12)C=CCC3C. The van der Waals surface area contributed by atoms with Gasteiger partial charge in [0.25, 0.3) is 0 Å². The Bertz CT molecular complexity index is 546. The average molecular weight is 214 g/mol. The number of rotatable bonds is 0. The van der Waals surface area contributed by atoms with Gasteiger partial charge >= 0.3 is 0 Å². The highest BCUT2D eigenvalue weighted by Crippen LogP contribution is 2.41. The molecule has 0 nitrogen and oxygen atoms in total. The molecule has 1 aromatic heterocycles. The van der Waals surface area contributed by atoms with Crippen LogP contribution in [0, 0.1) is 6.92 Å². The number of allylic oxidation sites excluding steroid dienone is 1. The number of hydrogen-bond donors (Lipinski definition) is 0. The van der Waals surface area contributed by atoms with Crippen molar-refractivity contribution in [3.63, 3.8) is 0 Å². The molecule has 0 fully saturated rings. The number of thiophene rings is 1. The van der Waals surface area contributed by atoms with Gasteiger partial charge in [0.15, 0.2) is 0 Å². The van der Waals surface area contributed by atoms with Crippen LogP contribution in [-0.4, -0.2) is 0 Å². The van der Waals surface area contributed by atoms with Gasteiger partial charge in [0.1, 0.15) is 0 Å². The molecule has 3 rings (SSSR count). The highest BCUT2D eigenvalue weighted by Gasteiger charge is 2.18. The Balaban J connectivity index is 2.42. The van der Waals surface area contributed by atoms with E-state index in [1.165, 1.54) is 26.9 Å². The quantitative estimate of drug-likeness (QED) is 0.594. The summed E-state index contributed by atoms with van der Waals surface area (Å²) in [5.74, 6) is 0.681. The van der Waals surface area contributed by atoms with E-state index in [9.17, 15) is 0 Å². The van der Waals surface area contributed by atoms with E-state index >= 15 is 0 Å². The van der Waals surface area contributed by atoms with Crippen molar-refractivity contribution in [1.82, 2.24) is 0 Å². The van der Waals surface area contributed by atoms with Crippen molar-refractivity contribution in [2.24, 2.45) is 0 Å². The minimum Gasteiger partial charge on any atom is -0.135 e. The van der Waals surface area contributed by atoms with Gasteiger partial charge in [-0.3, -0.25) is 0 Å². The van der Waals surface area contributed by atoms with E-state index in [0.717, 1.165) is 0 Å². The van der Waals surface area contributed by atoms with Gasteiger partial charge in [-0.15, -0.1) is 11.3 Å². The van der Waals surface area contributed by atoms with Crippen LogP contribution in [0.5, 0.6) is 0 Å². The van der Waals surface area contributed by atoms with Crippen LogP contribution in [0.1, 0.15) is 35.3 Å². The summed E-state index contributed by atoms with van der Waals surface area (Å²) in [5.41, 5.74) is 2.98. The van der Waals surface area contributed by atoms with Crippen LogP contribution in [-0.2, 0) is 0 Å². The lowest BCUT2D eigenvalue weighted by Crippen LogP contribution is -1.96. The minimum absolute atomic E-state index is 0.681. The Morgan fingerprint density at radius 2 is 2.20 bits per heavy atom. The maximum atomic E-state index is 2.33. The topological polar surface area (TPSA) is 0 Å². The van der Waals surface area contributed by atoms with Gasteiger partial charge in [-0.05, 0) is 41.9 Å². The summed E-state index contributed by atoms with van der Waals surface area (Å²) in [6.45, 7) is 4.54. The van der Waals surface area contributed by atoms with Crippen molar-refractivity contribution in [3.8, 4) is 0 Å². The summed E-state index contributed by atoms with van der Waals surface area (Å²) in [4.78, 5) is 1.47. The fourth-order valence-corrected chi connectivity index (χ4v) is 3.75. The molecule has 2 aromatic rings. The molecule has 1 aliphatic carbocycles. The number of fused-ring (bicyclic) bond motifs is 3. The molecule has 0 radical (unpaired) electrons. The van der Waals surface area contributed by atoms with Gasteiger partial charge in [0.2, 0.25) is 0 Å². The van der Waals surface area contributed by atoms with E-state index in [0.29, 0.717) is 5.92 Å². The first-order chi connectivity index (χ1) is 7.27. The highest BCUT2D eigenvalue weighted by atomic mass is 32.1. The Labute approximate surface area is 94.2 Å². The number of benzene rings is 1. The molecule has 0 spiro atoms. The van der Waals surface area contributed by atoms with E-state index in [2.05, 4.69) is 44.2 Å². The molecule has 0 saturated carbocycles. The van der Waals surface area contributed by atoms with Crippen molar-refractivity contribution in [2.75, 3.05) is 0 Å². The molecule has 0 saturated heterocycles. The number of aryl methyl sites for hydroxylation is 1. The molecular weight excluding hydrogens is 200 g/mol. The summed E-state index contributed by atoms with van der Waals surface area (Å²) < 4.78 is 1.47. The van der Waals surface area contributed by atoms with E-state index in [1.807, 2.05) is 11.3 Å². The largest absolute Gasteiger partial charge is 0.135 e. The Morgan fingerprint density at radius 1 is 1.33 bits per heavy atom. The summed E-state index contributed by atoms with van der Waals surface area (Å²) in [6.07, 6.45) is 5.78. The molecule has 1 aromatic carbocycles. The lowest BCUT2D eigenvalue weighted by atomic mass is 9.91. The maximum absolute atomic E-state index is 2.33. The highest BCUT2D eigenvalue weighted by molar-refractivity contribution is 7.20. The average Bonchev–Trinajstić information content (AvgIpc) is 2.59. The molecule has 76 valence electrons. The summed E-state index contributed by atoms with van der Waals surface area (Å²) in [7, 11) is 0. The third-order valence-corrected chi connectivity index (χ3v) is 4.55.